The van der Waals surface area contributed by atoms with Gasteiger partial charge in [-0.2, -0.15) is 5.26 Å². The van der Waals surface area contributed by atoms with Crippen molar-refractivity contribution < 1.29 is 0 Å². The van der Waals surface area contributed by atoms with E-state index in [0.717, 1.165) is 22.6 Å². The van der Waals surface area contributed by atoms with Crippen LogP contribution in [0.2, 0.25) is 0 Å². The lowest BCUT2D eigenvalue weighted by Crippen LogP contribution is -1.86. The summed E-state index contributed by atoms with van der Waals surface area (Å²) < 4.78 is 0. The van der Waals surface area contributed by atoms with Crippen LogP contribution >= 0.6 is 0 Å². The number of aromatic nitrogens is 3. The first-order valence-electron chi connectivity index (χ1n) is 5.86. The quantitative estimate of drug-likeness (QED) is 0.734. The van der Waals surface area contributed by atoms with Crippen molar-refractivity contribution in [2.24, 2.45) is 0 Å². The van der Waals surface area contributed by atoms with E-state index in [2.05, 4.69) is 27.1 Å². The van der Waals surface area contributed by atoms with E-state index in [-0.39, 0.29) is 0 Å². The molecule has 0 aliphatic heterocycles. The van der Waals surface area contributed by atoms with Crippen LogP contribution in [0.1, 0.15) is 12.2 Å². The van der Waals surface area contributed by atoms with Gasteiger partial charge in [-0.25, -0.2) is 4.98 Å². The molecule has 4 heteroatoms. The molecular weight excluding hydrogens is 224 g/mol. The molecule has 0 radical (unpaired) electrons. The Labute approximate surface area is 104 Å². The average Bonchev–Trinajstić information content (AvgIpc) is 3.02. The standard InChI is InChI=1S/C14H12N4/c15-7-3-6-14-17-9-13(18-14)11-8-16-12-5-2-1-4-10(11)12/h1-2,4-5,8-9,16H,3,6H2,(H,17,18). The molecule has 0 unspecified atom stereocenters. The number of fused-ring (bicyclic) bond motifs is 1. The highest BCUT2D eigenvalue weighted by molar-refractivity contribution is 5.94. The Morgan fingerprint density at radius 1 is 1.28 bits per heavy atom. The van der Waals surface area contributed by atoms with E-state index in [1.165, 1.54) is 5.39 Å². The molecule has 2 N–H and O–H groups in total. The average molecular weight is 236 g/mol. The Hall–Kier alpha value is -2.54. The number of hydrogen-bond acceptors (Lipinski definition) is 2. The molecule has 3 rings (SSSR count). The van der Waals surface area contributed by atoms with Gasteiger partial charge in [0.1, 0.15) is 5.82 Å². The van der Waals surface area contributed by atoms with E-state index in [4.69, 9.17) is 5.26 Å². The number of nitrogens with one attached hydrogen (secondary N) is 2. The molecule has 88 valence electrons. The Kier molecular flexibility index (Phi) is 2.58. The van der Waals surface area contributed by atoms with Gasteiger partial charge in [0, 0.05) is 35.5 Å². The van der Waals surface area contributed by atoms with Gasteiger partial charge < -0.3 is 9.97 Å². The van der Waals surface area contributed by atoms with Crippen molar-refractivity contribution in [1.29, 1.82) is 5.26 Å². The highest BCUT2D eigenvalue weighted by Gasteiger charge is 2.08. The van der Waals surface area contributed by atoms with Crippen molar-refractivity contribution in [3.63, 3.8) is 0 Å². The molecule has 0 aliphatic carbocycles. The number of nitriles is 1. The Balaban J connectivity index is 1.99. The molecule has 2 heterocycles. The molecule has 0 bridgehead atoms. The van der Waals surface area contributed by atoms with Gasteiger partial charge in [0.2, 0.25) is 0 Å². The summed E-state index contributed by atoms with van der Waals surface area (Å²) in [6, 6.07) is 10.3. The summed E-state index contributed by atoms with van der Waals surface area (Å²) in [5, 5.41) is 9.74. The number of H-pyrrole nitrogens is 2. The van der Waals surface area contributed by atoms with Crippen LogP contribution in [0.3, 0.4) is 0 Å². The minimum atomic E-state index is 0.487. The first-order chi connectivity index (χ1) is 8.88. The predicted octanol–water partition coefficient (Wildman–Crippen LogP) is 3.01. The molecule has 0 fully saturated rings. The van der Waals surface area contributed by atoms with Crippen molar-refractivity contribution >= 4 is 10.9 Å². The predicted molar refractivity (Wildman–Crippen MR) is 69.8 cm³/mol. The van der Waals surface area contributed by atoms with Crippen molar-refractivity contribution in [1.82, 2.24) is 15.0 Å². The fourth-order valence-electron chi connectivity index (χ4n) is 2.10. The summed E-state index contributed by atoms with van der Waals surface area (Å²) in [7, 11) is 0. The second kappa shape index (κ2) is 4.38. The van der Waals surface area contributed by atoms with Crippen LogP contribution in [-0.4, -0.2) is 15.0 Å². The van der Waals surface area contributed by atoms with Crippen molar-refractivity contribution in [3.8, 4) is 17.3 Å². The van der Waals surface area contributed by atoms with Gasteiger partial charge in [-0.15, -0.1) is 0 Å². The van der Waals surface area contributed by atoms with Crippen LogP contribution in [-0.2, 0) is 6.42 Å². The summed E-state index contributed by atoms with van der Waals surface area (Å²) in [6.45, 7) is 0. The first-order valence-corrected chi connectivity index (χ1v) is 5.86. The summed E-state index contributed by atoms with van der Waals surface area (Å²) in [4.78, 5) is 10.8. The zero-order valence-electron chi connectivity index (χ0n) is 9.77. The number of aryl methyl sites for hydroxylation is 1. The lowest BCUT2D eigenvalue weighted by molar-refractivity contribution is 0.918. The van der Waals surface area contributed by atoms with Crippen molar-refractivity contribution in [2.75, 3.05) is 0 Å². The molecule has 2 aromatic heterocycles. The van der Waals surface area contributed by atoms with E-state index in [0.29, 0.717) is 12.8 Å². The minimum absolute atomic E-state index is 0.487. The molecule has 0 saturated heterocycles. The highest BCUT2D eigenvalue weighted by Crippen LogP contribution is 2.26. The smallest absolute Gasteiger partial charge is 0.107 e. The Morgan fingerprint density at radius 3 is 3.06 bits per heavy atom. The second-order valence-electron chi connectivity index (χ2n) is 4.15. The zero-order chi connectivity index (χ0) is 12.4. The summed E-state index contributed by atoms with van der Waals surface area (Å²) in [5.41, 5.74) is 3.21. The lowest BCUT2D eigenvalue weighted by atomic mass is 10.1. The Bertz CT molecular complexity index is 715. The van der Waals surface area contributed by atoms with Gasteiger partial charge in [0.05, 0.1) is 18.0 Å². The van der Waals surface area contributed by atoms with Gasteiger partial charge in [0.25, 0.3) is 0 Å². The molecule has 4 nitrogen and oxygen atoms in total. The van der Waals surface area contributed by atoms with E-state index >= 15 is 0 Å². The van der Waals surface area contributed by atoms with Crippen LogP contribution in [0.25, 0.3) is 22.2 Å². The topological polar surface area (TPSA) is 68.3 Å². The molecule has 0 aliphatic rings. The van der Waals surface area contributed by atoms with Crippen LogP contribution in [0.5, 0.6) is 0 Å². The SMILES string of the molecule is N#CCCc1ncc(-c2c[nH]c3ccccc23)[nH]1. The van der Waals surface area contributed by atoms with Gasteiger partial charge in [-0.3, -0.25) is 0 Å². The third-order valence-corrected chi connectivity index (χ3v) is 2.98. The van der Waals surface area contributed by atoms with Gasteiger partial charge in [-0.1, -0.05) is 18.2 Å². The highest BCUT2D eigenvalue weighted by atomic mass is 14.9. The fourth-order valence-corrected chi connectivity index (χ4v) is 2.10. The lowest BCUT2D eigenvalue weighted by Gasteiger charge is -1.94. The second-order valence-corrected chi connectivity index (χ2v) is 4.15. The third-order valence-electron chi connectivity index (χ3n) is 2.98. The summed E-state index contributed by atoms with van der Waals surface area (Å²) in [6.07, 6.45) is 4.95. The molecule has 0 amide bonds. The summed E-state index contributed by atoms with van der Waals surface area (Å²) >= 11 is 0. The maximum atomic E-state index is 8.56. The van der Waals surface area contributed by atoms with Crippen molar-refractivity contribution in [3.05, 3.63) is 42.5 Å². The molecule has 0 saturated carbocycles. The van der Waals surface area contributed by atoms with E-state index < -0.39 is 0 Å². The first kappa shape index (κ1) is 10.6. The van der Waals surface area contributed by atoms with Crippen LogP contribution in [0.4, 0.5) is 0 Å². The van der Waals surface area contributed by atoms with E-state index in [1.54, 1.807) is 0 Å². The van der Waals surface area contributed by atoms with E-state index in [9.17, 15) is 0 Å². The van der Waals surface area contributed by atoms with Gasteiger partial charge >= 0.3 is 0 Å². The van der Waals surface area contributed by atoms with E-state index in [1.807, 2.05) is 30.6 Å². The van der Waals surface area contributed by atoms with Gasteiger partial charge in [-0.05, 0) is 6.07 Å². The fraction of sp³-hybridized carbons (Fsp3) is 0.143. The molecular formula is C14H12N4. The number of para-hydroxylation sites is 1. The molecule has 1 aromatic carbocycles. The number of rotatable bonds is 3. The number of aromatic amines is 2. The zero-order valence-corrected chi connectivity index (χ0v) is 9.77. The third kappa shape index (κ3) is 1.76. The monoisotopic (exact) mass is 236 g/mol. The maximum Gasteiger partial charge on any atom is 0.107 e. The van der Waals surface area contributed by atoms with Gasteiger partial charge in [0.15, 0.2) is 0 Å². The molecule has 0 atom stereocenters. The Morgan fingerprint density at radius 2 is 2.17 bits per heavy atom. The number of benzene rings is 1. The van der Waals surface area contributed by atoms with Crippen molar-refractivity contribution in [2.45, 2.75) is 12.8 Å². The molecule has 0 spiro atoms. The van der Waals surface area contributed by atoms with Crippen LogP contribution in [0.15, 0.2) is 36.7 Å². The van der Waals surface area contributed by atoms with Crippen LogP contribution in [0, 0.1) is 11.3 Å². The number of nitrogens with zero attached hydrogens (tertiary/aromatic N) is 2. The van der Waals surface area contributed by atoms with Crippen LogP contribution < -0.4 is 0 Å². The molecule has 3 aromatic rings. The minimum Gasteiger partial charge on any atom is -0.360 e. The number of hydrogen-bond donors (Lipinski definition) is 2. The molecule has 18 heavy (non-hydrogen) atoms. The maximum absolute atomic E-state index is 8.56. The summed E-state index contributed by atoms with van der Waals surface area (Å²) in [5.74, 6) is 0.858. The largest absolute Gasteiger partial charge is 0.360 e. The number of imidazole rings is 1. The normalized spacial score (nSPS) is 10.6.